The molecule has 0 bridgehead atoms. The smallest absolute Gasteiger partial charge is 0.256 e. The fourth-order valence-electron chi connectivity index (χ4n) is 3.36. The predicted molar refractivity (Wildman–Crippen MR) is 127 cm³/mol. The Morgan fingerprint density at radius 1 is 1.09 bits per heavy atom. The minimum absolute atomic E-state index is 0.270. The SMILES string of the molecule is Cc1ccc(C)c(OCc2cccc(C(=O)Nc3ccn(Cc4ccc(F)cc4Cl)n3)c2)c1. The monoisotopic (exact) mass is 463 g/mol. The number of amides is 1. The van der Waals surface area contributed by atoms with Gasteiger partial charge in [0.2, 0.25) is 0 Å². The van der Waals surface area contributed by atoms with Crippen LogP contribution in [0, 0.1) is 19.7 Å². The van der Waals surface area contributed by atoms with E-state index < -0.39 is 0 Å². The number of aromatic nitrogens is 2. The molecule has 5 nitrogen and oxygen atoms in total. The molecular weight excluding hydrogens is 441 g/mol. The first-order chi connectivity index (χ1) is 15.9. The van der Waals surface area contributed by atoms with Crippen molar-refractivity contribution in [3.05, 3.63) is 112 Å². The second-order valence-corrected chi connectivity index (χ2v) is 8.25. The molecule has 0 spiro atoms. The van der Waals surface area contributed by atoms with Crippen LogP contribution in [-0.2, 0) is 13.2 Å². The zero-order valence-electron chi connectivity index (χ0n) is 18.3. The van der Waals surface area contributed by atoms with E-state index >= 15 is 0 Å². The highest BCUT2D eigenvalue weighted by Gasteiger charge is 2.11. The summed E-state index contributed by atoms with van der Waals surface area (Å²) < 4.78 is 20.8. The Bertz CT molecular complexity index is 1300. The fraction of sp³-hybridized carbons (Fsp3) is 0.154. The van der Waals surface area contributed by atoms with Crippen LogP contribution in [-0.4, -0.2) is 15.7 Å². The van der Waals surface area contributed by atoms with E-state index in [1.807, 2.05) is 44.2 Å². The van der Waals surface area contributed by atoms with Crippen LogP contribution >= 0.6 is 11.6 Å². The van der Waals surface area contributed by atoms with Gasteiger partial charge in [0, 0.05) is 22.8 Å². The third-order valence-electron chi connectivity index (χ3n) is 5.16. The van der Waals surface area contributed by atoms with Crippen LogP contribution < -0.4 is 10.1 Å². The lowest BCUT2D eigenvalue weighted by molar-refractivity contribution is 0.102. The molecule has 0 fully saturated rings. The minimum atomic E-state index is -0.390. The number of nitrogens with zero attached hydrogens (tertiary/aromatic N) is 2. The molecule has 4 aromatic rings. The van der Waals surface area contributed by atoms with E-state index in [1.54, 1.807) is 35.1 Å². The average molecular weight is 464 g/mol. The van der Waals surface area contributed by atoms with Crippen molar-refractivity contribution in [2.75, 3.05) is 5.32 Å². The van der Waals surface area contributed by atoms with Crippen molar-refractivity contribution in [3.63, 3.8) is 0 Å². The Kier molecular flexibility index (Phi) is 6.75. The van der Waals surface area contributed by atoms with Crippen LogP contribution in [0.3, 0.4) is 0 Å². The zero-order chi connectivity index (χ0) is 23.4. The van der Waals surface area contributed by atoms with Crippen molar-refractivity contribution in [2.45, 2.75) is 27.0 Å². The van der Waals surface area contributed by atoms with Gasteiger partial charge in [-0.1, -0.05) is 41.9 Å². The highest BCUT2D eigenvalue weighted by molar-refractivity contribution is 6.31. The molecule has 0 radical (unpaired) electrons. The second-order valence-electron chi connectivity index (χ2n) is 7.85. The topological polar surface area (TPSA) is 56.1 Å². The first kappa shape index (κ1) is 22.6. The Morgan fingerprint density at radius 2 is 1.94 bits per heavy atom. The molecule has 0 unspecified atom stereocenters. The van der Waals surface area contributed by atoms with Gasteiger partial charge in [0.05, 0.1) is 6.54 Å². The number of hydrogen-bond acceptors (Lipinski definition) is 3. The molecule has 1 amide bonds. The van der Waals surface area contributed by atoms with Gasteiger partial charge >= 0.3 is 0 Å². The Balaban J connectivity index is 1.39. The van der Waals surface area contributed by atoms with Gasteiger partial charge in [-0.3, -0.25) is 9.48 Å². The quantitative estimate of drug-likeness (QED) is 0.356. The maximum Gasteiger partial charge on any atom is 0.256 e. The summed E-state index contributed by atoms with van der Waals surface area (Å²) in [6, 6.07) is 19.3. The molecule has 0 saturated heterocycles. The number of rotatable bonds is 7. The molecule has 0 aliphatic carbocycles. The van der Waals surface area contributed by atoms with Crippen molar-refractivity contribution in [2.24, 2.45) is 0 Å². The number of aryl methyl sites for hydroxylation is 2. The number of nitrogens with one attached hydrogen (secondary N) is 1. The first-order valence-electron chi connectivity index (χ1n) is 10.4. The minimum Gasteiger partial charge on any atom is -0.489 e. The fourth-order valence-corrected chi connectivity index (χ4v) is 3.58. The number of halogens is 2. The standard InChI is InChI=1S/C26H23ClFN3O2/c1-17-6-7-18(2)24(12-17)33-16-19-4-3-5-20(13-19)26(32)29-25-10-11-31(30-25)15-21-8-9-22(28)14-23(21)27/h3-14H,15-16H2,1-2H3,(H,29,30,32). The summed E-state index contributed by atoms with van der Waals surface area (Å²) >= 11 is 6.09. The molecule has 1 aromatic heterocycles. The molecular formula is C26H23ClFN3O2. The predicted octanol–water partition coefficient (Wildman–Crippen LogP) is 6.17. The molecule has 0 saturated carbocycles. The van der Waals surface area contributed by atoms with Gasteiger partial charge in [0.1, 0.15) is 18.2 Å². The third kappa shape index (κ3) is 5.79. The van der Waals surface area contributed by atoms with Crippen LogP contribution in [0.5, 0.6) is 5.75 Å². The number of hydrogen-bond donors (Lipinski definition) is 1. The average Bonchev–Trinajstić information content (AvgIpc) is 3.23. The van der Waals surface area contributed by atoms with E-state index in [4.69, 9.17) is 16.3 Å². The Labute approximate surface area is 196 Å². The van der Waals surface area contributed by atoms with Gasteiger partial charge < -0.3 is 10.1 Å². The van der Waals surface area contributed by atoms with Crippen LogP contribution in [0.25, 0.3) is 0 Å². The maximum atomic E-state index is 13.2. The Morgan fingerprint density at radius 3 is 2.76 bits per heavy atom. The molecule has 1 N–H and O–H groups in total. The lowest BCUT2D eigenvalue weighted by Gasteiger charge is -2.11. The highest BCUT2D eigenvalue weighted by atomic mass is 35.5. The summed E-state index contributed by atoms with van der Waals surface area (Å²) in [7, 11) is 0. The largest absolute Gasteiger partial charge is 0.489 e. The van der Waals surface area contributed by atoms with Crippen molar-refractivity contribution in [3.8, 4) is 5.75 Å². The lowest BCUT2D eigenvalue weighted by Crippen LogP contribution is -2.13. The number of benzene rings is 3. The number of ether oxygens (including phenoxy) is 1. The summed E-state index contributed by atoms with van der Waals surface area (Å²) in [5.74, 6) is 0.583. The molecule has 1 heterocycles. The van der Waals surface area contributed by atoms with Crippen molar-refractivity contribution in [1.29, 1.82) is 0 Å². The van der Waals surface area contributed by atoms with Crippen molar-refractivity contribution in [1.82, 2.24) is 9.78 Å². The molecule has 0 aliphatic rings. The van der Waals surface area contributed by atoms with Gasteiger partial charge in [-0.05, 0) is 66.4 Å². The summed E-state index contributed by atoms with van der Waals surface area (Å²) in [4.78, 5) is 12.7. The molecule has 0 aliphatic heterocycles. The van der Waals surface area contributed by atoms with E-state index in [9.17, 15) is 9.18 Å². The molecule has 168 valence electrons. The van der Waals surface area contributed by atoms with E-state index in [-0.39, 0.29) is 11.7 Å². The summed E-state index contributed by atoms with van der Waals surface area (Å²) in [6.07, 6.45) is 1.73. The summed E-state index contributed by atoms with van der Waals surface area (Å²) in [5, 5.41) is 7.49. The van der Waals surface area contributed by atoms with Gasteiger partial charge in [0.15, 0.2) is 5.82 Å². The molecule has 4 rings (SSSR count). The normalized spacial score (nSPS) is 10.8. The van der Waals surface area contributed by atoms with Gasteiger partial charge in [-0.15, -0.1) is 0 Å². The van der Waals surface area contributed by atoms with E-state index in [0.29, 0.717) is 29.6 Å². The maximum absolute atomic E-state index is 13.2. The molecule has 33 heavy (non-hydrogen) atoms. The third-order valence-corrected chi connectivity index (χ3v) is 5.51. The van der Waals surface area contributed by atoms with Crippen LogP contribution in [0.4, 0.5) is 10.2 Å². The number of anilines is 1. The molecule has 0 atom stereocenters. The van der Waals surface area contributed by atoms with Crippen LogP contribution in [0.15, 0.2) is 72.9 Å². The summed E-state index contributed by atoms with van der Waals surface area (Å²) in [5.41, 5.74) is 4.32. The number of carbonyl (C=O) groups excluding carboxylic acids is 1. The molecule has 7 heteroatoms. The van der Waals surface area contributed by atoms with E-state index in [0.717, 1.165) is 28.0 Å². The zero-order valence-corrected chi connectivity index (χ0v) is 19.1. The first-order valence-corrected chi connectivity index (χ1v) is 10.8. The van der Waals surface area contributed by atoms with Gasteiger partial charge in [0.25, 0.3) is 5.91 Å². The highest BCUT2D eigenvalue weighted by Crippen LogP contribution is 2.21. The summed E-state index contributed by atoms with van der Waals surface area (Å²) in [6.45, 7) is 4.74. The van der Waals surface area contributed by atoms with Gasteiger partial charge in [-0.2, -0.15) is 5.10 Å². The Hall–Kier alpha value is -3.64. The number of carbonyl (C=O) groups is 1. The van der Waals surface area contributed by atoms with E-state index in [1.165, 1.54) is 12.1 Å². The molecule has 3 aromatic carbocycles. The van der Waals surface area contributed by atoms with Crippen LogP contribution in [0.2, 0.25) is 5.02 Å². The van der Waals surface area contributed by atoms with Crippen molar-refractivity contribution >= 4 is 23.3 Å². The van der Waals surface area contributed by atoms with Crippen molar-refractivity contribution < 1.29 is 13.9 Å². The lowest BCUT2D eigenvalue weighted by atomic mass is 10.1. The van der Waals surface area contributed by atoms with Gasteiger partial charge in [-0.25, -0.2) is 4.39 Å². The van der Waals surface area contributed by atoms with Crippen LogP contribution in [0.1, 0.15) is 32.6 Å². The second kappa shape index (κ2) is 9.88. The van der Waals surface area contributed by atoms with E-state index in [2.05, 4.69) is 10.4 Å².